The van der Waals surface area contributed by atoms with E-state index in [2.05, 4.69) is 10.1 Å². The number of piperidine rings is 3. The van der Waals surface area contributed by atoms with Gasteiger partial charge in [0.1, 0.15) is 29.9 Å². The summed E-state index contributed by atoms with van der Waals surface area (Å²) in [7, 11) is 1.46. The molecule has 232 valence electrons. The van der Waals surface area contributed by atoms with Crippen LogP contribution in [-0.4, -0.2) is 102 Å². The summed E-state index contributed by atoms with van der Waals surface area (Å²) in [6.07, 6.45) is 3.39. The molecule has 0 atom stereocenters. The lowest BCUT2D eigenvalue weighted by molar-refractivity contribution is -0.151. The first-order chi connectivity index (χ1) is 19.9. The minimum atomic E-state index is -1.86. The molecule has 1 aromatic rings. The SMILES string of the molecule is CO/N=C1\CC2(CCN(C(=O)C3(F)CCN(CC4CCN(C(=O)OC(C)(C)C)CC4)CC3)CC2)Oc2ccc(F)cc21. The normalized spacial score (nSPS) is 23.8. The number of alkyl halides is 1. The van der Waals surface area contributed by atoms with Gasteiger partial charge < -0.3 is 29.0 Å². The van der Waals surface area contributed by atoms with Crippen molar-refractivity contribution in [1.82, 2.24) is 14.7 Å². The van der Waals surface area contributed by atoms with Gasteiger partial charge >= 0.3 is 6.09 Å². The van der Waals surface area contributed by atoms with E-state index in [-0.39, 0.29) is 24.8 Å². The zero-order valence-corrected chi connectivity index (χ0v) is 25.3. The third-order valence-corrected chi connectivity index (χ3v) is 9.05. The van der Waals surface area contributed by atoms with Gasteiger partial charge in [0.15, 0.2) is 5.67 Å². The topological polar surface area (TPSA) is 83.9 Å². The van der Waals surface area contributed by atoms with Crippen LogP contribution in [0.1, 0.15) is 71.3 Å². The van der Waals surface area contributed by atoms with Crippen LogP contribution >= 0.6 is 0 Å². The van der Waals surface area contributed by atoms with Gasteiger partial charge in [-0.15, -0.1) is 0 Å². The smallest absolute Gasteiger partial charge is 0.410 e. The highest BCUT2D eigenvalue weighted by Gasteiger charge is 2.48. The van der Waals surface area contributed by atoms with Crippen LogP contribution in [0.3, 0.4) is 0 Å². The zero-order chi connectivity index (χ0) is 30.1. The summed E-state index contributed by atoms with van der Waals surface area (Å²) < 4.78 is 41.7. The molecule has 5 rings (SSSR count). The maximum Gasteiger partial charge on any atom is 0.410 e. The Kier molecular flexibility index (Phi) is 8.70. The standard InChI is InChI=1S/C31H44F2N4O5/c1-29(2,3)42-28(39)37-13-7-22(8-14-37)21-35-15-11-31(33,12-16-35)27(38)36-17-9-30(10-18-36)20-25(34-40-4)24-19-23(32)5-6-26(24)41-30/h5-6,19,22H,7-18,20-21H2,1-4H3/b34-25+. The van der Waals surface area contributed by atoms with Crippen molar-refractivity contribution >= 4 is 17.7 Å². The lowest BCUT2D eigenvalue weighted by atomic mass is 9.81. The highest BCUT2D eigenvalue weighted by molar-refractivity contribution is 6.04. The molecule has 3 saturated heterocycles. The van der Waals surface area contributed by atoms with E-state index >= 15 is 4.39 Å². The monoisotopic (exact) mass is 590 g/mol. The Balaban J connectivity index is 1.09. The molecule has 11 heteroatoms. The number of fused-ring (bicyclic) bond motifs is 1. The number of amides is 2. The molecule has 3 fully saturated rings. The van der Waals surface area contributed by atoms with E-state index in [0.717, 1.165) is 19.4 Å². The zero-order valence-electron chi connectivity index (χ0n) is 25.3. The van der Waals surface area contributed by atoms with E-state index in [9.17, 15) is 14.0 Å². The summed E-state index contributed by atoms with van der Waals surface area (Å²) in [5.74, 6) is 0.184. The molecule has 4 heterocycles. The molecule has 2 amide bonds. The summed E-state index contributed by atoms with van der Waals surface area (Å²) in [4.78, 5) is 36.5. The van der Waals surface area contributed by atoms with Crippen LogP contribution in [0.15, 0.2) is 23.4 Å². The molecular weight excluding hydrogens is 546 g/mol. The highest BCUT2D eigenvalue weighted by Crippen LogP contribution is 2.41. The Bertz CT molecular complexity index is 1180. The Morgan fingerprint density at radius 3 is 2.31 bits per heavy atom. The second kappa shape index (κ2) is 12.0. The van der Waals surface area contributed by atoms with Gasteiger partial charge in [-0.3, -0.25) is 4.79 Å². The second-order valence-corrected chi connectivity index (χ2v) is 13.3. The van der Waals surface area contributed by atoms with E-state index in [1.807, 2.05) is 20.8 Å². The van der Waals surface area contributed by atoms with Gasteiger partial charge in [-0.1, -0.05) is 5.16 Å². The van der Waals surface area contributed by atoms with Gasteiger partial charge in [-0.05, 0) is 57.7 Å². The number of carbonyl (C=O) groups is 2. The van der Waals surface area contributed by atoms with Gasteiger partial charge in [0.25, 0.3) is 5.91 Å². The van der Waals surface area contributed by atoms with Crippen LogP contribution < -0.4 is 4.74 Å². The molecule has 0 radical (unpaired) electrons. The van der Waals surface area contributed by atoms with Crippen molar-refractivity contribution < 1.29 is 32.7 Å². The number of hydrogen-bond donors (Lipinski definition) is 0. The fourth-order valence-corrected chi connectivity index (χ4v) is 6.65. The molecule has 4 aliphatic rings. The van der Waals surface area contributed by atoms with Gasteiger partial charge in [0.2, 0.25) is 0 Å². The number of nitrogens with zero attached hydrogens (tertiary/aromatic N) is 4. The lowest BCUT2D eigenvalue weighted by Crippen LogP contribution is -2.58. The number of hydrogen-bond acceptors (Lipinski definition) is 7. The van der Waals surface area contributed by atoms with Crippen molar-refractivity contribution in [2.45, 2.75) is 82.6 Å². The van der Waals surface area contributed by atoms with Crippen LogP contribution in [0, 0.1) is 11.7 Å². The van der Waals surface area contributed by atoms with Crippen molar-refractivity contribution in [2.75, 3.05) is 52.9 Å². The van der Waals surface area contributed by atoms with E-state index in [1.165, 1.54) is 19.2 Å². The summed E-state index contributed by atoms with van der Waals surface area (Å²) in [5, 5.41) is 4.13. The van der Waals surface area contributed by atoms with Crippen LogP contribution in [0.4, 0.5) is 13.6 Å². The van der Waals surface area contributed by atoms with E-state index < -0.39 is 22.8 Å². The summed E-state index contributed by atoms with van der Waals surface area (Å²) in [6, 6.07) is 4.35. The number of rotatable bonds is 4. The Hall–Kier alpha value is -2.95. The molecule has 4 aliphatic heterocycles. The first-order valence-electron chi connectivity index (χ1n) is 15.2. The molecule has 0 bridgehead atoms. The van der Waals surface area contributed by atoms with Crippen molar-refractivity contribution in [3.05, 3.63) is 29.6 Å². The predicted molar refractivity (Wildman–Crippen MR) is 154 cm³/mol. The van der Waals surface area contributed by atoms with Crippen LogP contribution in [-0.2, 0) is 14.4 Å². The molecule has 9 nitrogen and oxygen atoms in total. The Morgan fingerprint density at radius 1 is 1.02 bits per heavy atom. The third-order valence-electron chi connectivity index (χ3n) is 9.05. The number of carbonyl (C=O) groups excluding carboxylic acids is 2. The highest BCUT2D eigenvalue weighted by atomic mass is 19.1. The largest absolute Gasteiger partial charge is 0.486 e. The number of halogens is 2. The molecule has 1 spiro atoms. The molecule has 0 aromatic heterocycles. The molecule has 42 heavy (non-hydrogen) atoms. The van der Waals surface area contributed by atoms with Crippen LogP contribution in [0.25, 0.3) is 0 Å². The molecule has 0 saturated carbocycles. The third kappa shape index (κ3) is 6.82. The maximum absolute atomic E-state index is 16.0. The van der Waals surface area contributed by atoms with Crippen molar-refractivity contribution in [2.24, 2.45) is 11.1 Å². The molecule has 0 aliphatic carbocycles. The number of likely N-dealkylation sites (tertiary alicyclic amines) is 3. The fourth-order valence-electron chi connectivity index (χ4n) is 6.65. The fraction of sp³-hybridized carbons (Fsp3) is 0.710. The number of benzene rings is 1. The van der Waals surface area contributed by atoms with Crippen molar-refractivity contribution in [3.8, 4) is 5.75 Å². The Labute approximate surface area is 247 Å². The maximum atomic E-state index is 16.0. The quantitative estimate of drug-likeness (QED) is 0.470. The van der Waals surface area contributed by atoms with Crippen molar-refractivity contribution in [3.63, 3.8) is 0 Å². The average Bonchev–Trinajstić information content (AvgIpc) is 2.94. The minimum Gasteiger partial charge on any atom is -0.486 e. The van der Waals surface area contributed by atoms with Gasteiger partial charge in [0.05, 0.1) is 5.71 Å². The first-order valence-corrected chi connectivity index (χ1v) is 15.2. The van der Waals surface area contributed by atoms with Crippen molar-refractivity contribution in [1.29, 1.82) is 0 Å². The summed E-state index contributed by atoms with van der Waals surface area (Å²) in [5.41, 5.74) is -1.77. The van der Waals surface area contributed by atoms with Gasteiger partial charge in [-0.2, -0.15) is 0 Å². The molecule has 1 aromatic carbocycles. The first kappa shape index (κ1) is 30.5. The van der Waals surface area contributed by atoms with E-state index in [4.69, 9.17) is 14.3 Å². The minimum absolute atomic E-state index is 0.185. The number of oxime groups is 1. The second-order valence-electron chi connectivity index (χ2n) is 13.3. The average molecular weight is 591 g/mol. The number of ether oxygens (including phenoxy) is 2. The van der Waals surface area contributed by atoms with E-state index in [0.29, 0.717) is 81.5 Å². The Morgan fingerprint density at radius 2 is 1.69 bits per heavy atom. The molecular formula is C31H44F2N4O5. The molecule has 0 N–H and O–H groups in total. The molecule has 0 unspecified atom stereocenters. The van der Waals surface area contributed by atoms with Gasteiger partial charge in [0, 0.05) is 83.5 Å². The summed E-state index contributed by atoms with van der Waals surface area (Å²) >= 11 is 0. The lowest BCUT2D eigenvalue weighted by Gasteiger charge is -2.46. The summed E-state index contributed by atoms with van der Waals surface area (Å²) in [6.45, 7) is 9.66. The van der Waals surface area contributed by atoms with Crippen LogP contribution in [0.5, 0.6) is 5.75 Å². The van der Waals surface area contributed by atoms with Crippen LogP contribution in [0.2, 0.25) is 0 Å². The van der Waals surface area contributed by atoms with E-state index in [1.54, 1.807) is 15.9 Å². The predicted octanol–water partition coefficient (Wildman–Crippen LogP) is 4.77. The van der Waals surface area contributed by atoms with Gasteiger partial charge in [-0.25, -0.2) is 13.6 Å².